The number of amides is 1. The van der Waals surface area contributed by atoms with Crippen molar-refractivity contribution in [3.8, 4) is 0 Å². The van der Waals surface area contributed by atoms with Crippen molar-refractivity contribution in [1.82, 2.24) is 15.3 Å². The second kappa shape index (κ2) is 15.9. The number of nitrogens with two attached hydrogens (primary N) is 1. The number of nitrogens with one attached hydrogen (secondary N) is 1. The van der Waals surface area contributed by atoms with Gasteiger partial charge in [0.05, 0.1) is 17.9 Å². The van der Waals surface area contributed by atoms with Crippen molar-refractivity contribution in [1.29, 1.82) is 0 Å². The monoisotopic (exact) mass is 614 g/mol. The van der Waals surface area contributed by atoms with Gasteiger partial charge in [0.2, 0.25) is 20.0 Å². The van der Waals surface area contributed by atoms with E-state index in [-0.39, 0.29) is 24.2 Å². The van der Waals surface area contributed by atoms with Gasteiger partial charge < -0.3 is 15.8 Å². The van der Waals surface area contributed by atoms with Crippen LogP contribution in [0.25, 0.3) is 0 Å². The van der Waals surface area contributed by atoms with E-state index < -0.39 is 31.7 Å². The lowest BCUT2D eigenvalue weighted by Gasteiger charge is -2.21. The molecule has 0 radical (unpaired) electrons. The number of halogens is 2. The number of rotatable bonds is 7. The van der Waals surface area contributed by atoms with E-state index in [0.29, 0.717) is 16.9 Å². The van der Waals surface area contributed by atoms with Gasteiger partial charge >= 0.3 is 6.09 Å². The van der Waals surface area contributed by atoms with Crippen LogP contribution in [0.1, 0.15) is 31.9 Å². The Balaban J connectivity index is 0.000000694. The van der Waals surface area contributed by atoms with Gasteiger partial charge in [-0.3, -0.25) is 8.61 Å². The van der Waals surface area contributed by atoms with Gasteiger partial charge in [0.1, 0.15) is 17.2 Å². The zero-order chi connectivity index (χ0) is 29.7. The predicted molar refractivity (Wildman–Crippen MR) is 153 cm³/mol. The van der Waals surface area contributed by atoms with Gasteiger partial charge in [-0.05, 0) is 32.9 Å². The lowest BCUT2D eigenvalue weighted by atomic mass is 10.2. The van der Waals surface area contributed by atoms with Gasteiger partial charge in [0.25, 0.3) is 0 Å². The molecular weight excluding hydrogens is 579 g/mol. The maximum absolute atomic E-state index is 11.6. The molecule has 0 spiro atoms. The number of carbonyl (C=O) groups excluding carboxylic acids is 1. The third-order valence-electron chi connectivity index (χ3n) is 4.37. The van der Waals surface area contributed by atoms with Crippen LogP contribution in [0.2, 0.25) is 0 Å². The Hall–Kier alpha value is -2.39. The number of anilines is 2. The molecule has 0 unspecified atom stereocenters. The molecule has 0 aliphatic heterocycles. The second-order valence-electron chi connectivity index (χ2n) is 8.59. The minimum Gasteiger partial charge on any atom is -0.444 e. The molecule has 38 heavy (non-hydrogen) atoms. The average molecular weight is 616 g/mol. The van der Waals surface area contributed by atoms with Gasteiger partial charge in [-0.25, -0.2) is 31.6 Å². The summed E-state index contributed by atoms with van der Waals surface area (Å²) in [5.41, 5.74) is 6.17. The number of alkyl halides is 2. The molecule has 2 aromatic heterocycles. The molecule has 0 bridgehead atoms. The summed E-state index contributed by atoms with van der Waals surface area (Å²) < 4.78 is 53.0. The highest BCUT2D eigenvalue weighted by Crippen LogP contribution is 2.18. The summed E-state index contributed by atoms with van der Waals surface area (Å²) >= 11 is 9.53. The normalized spacial score (nSPS) is 11.2. The van der Waals surface area contributed by atoms with Crippen LogP contribution in [0.5, 0.6) is 0 Å². The Kier molecular flexibility index (Phi) is 14.9. The first-order valence-electron chi connectivity index (χ1n) is 10.9. The Morgan fingerprint density at radius 1 is 0.947 bits per heavy atom. The molecule has 3 N–H and O–H groups in total. The second-order valence-corrected chi connectivity index (χ2v) is 13.4. The smallest absolute Gasteiger partial charge is 0.407 e. The minimum atomic E-state index is -3.42. The van der Waals surface area contributed by atoms with E-state index in [9.17, 15) is 21.6 Å². The molecule has 1 amide bonds. The highest BCUT2D eigenvalue weighted by molar-refractivity contribution is 7.92. The molecule has 0 aliphatic rings. The molecule has 0 saturated carbocycles. The van der Waals surface area contributed by atoms with Gasteiger partial charge in [0.15, 0.2) is 0 Å². The molecule has 0 aliphatic carbocycles. The fourth-order valence-corrected chi connectivity index (χ4v) is 3.48. The van der Waals surface area contributed by atoms with Crippen molar-refractivity contribution in [2.45, 2.75) is 39.5 Å². The number of aromatic nitrogens is 2. The van der Waals surface area contributed by atoms with E-state index >= 15 is 0 Å². The Bertz CT molecular complexity index is 1240. The van der Waals surface area contributed by atoms with Crippen LogP contribution in [0.4, 0.5) is 16.4 Å². The van der Waals surface area contributed by atoms with Crippen LogP contribution in [-0.2, 0) is 37.9 Å². The first-order valence-corrected chi connectivity index (χ1v) is 15.7. The summed E-state index contributed by atoms with van der Waals surface area (Å²) in [5, 5.41) is 2.77. The standard InChI is InChI=1S/C13H21N3O4S.C8H13N3O2S.CH2Cl2/c1-13(2,3)20-12(17)15-9-10-7-6-8-14-11(10)16(4)21(5,18)19;1-11(14(2,12)13)8-7(6-9)4-3-5-10-8;2-1-3/h6-8H,9H2,1-5H3,(H,15,17);3-5H,6,9H2,1-2H3;1H2. The van der Waals surface area contributed by atoms with Crippen LogP contribution in [-0.4, -0.2) is 70.4 Å². The summed E-state index contributed by atoms with van der Waals surface area (Å²) in [4.78, 5) is 19.7. The van der Waals surface area contributed by atoms with E-state index in [1.165, 1.54) is 26.5 Å². The van der Waals surface area contributed by atoms with Gasteiger partial charge in [-0.1, -0.05) is 12.1 Å². The first-order chi connectivity index (χ1) is 17.4. The Labute approximate surface area is 235 Å². The predicted octanol–water partition coefficient (Wildman–Crippen LogP) is 2.86. The van der Waals surface area contributed by atoms with E-state index in [1.807, 2.05) is 0 Å². The maximum atomic E-state index is 11.6. The summed E-state index contributed by atoms with van der Waals surface area (Å²) in [6.45, 7) is 5.68. The number of alkyl carbamates (subject to hydrolysis) is 1. The Morgan fingerprint density at radius 3 is 1.71 bits per heavy atom. The topological polar surface area (TPSA) is 165 Å². The minimum absolute atomic E-state index is 0.123. The van der Waals surface area contributed by atoms with E-state index in [0.717, 1.165) is 21.1 Å². The molecule has 2 aromatic rings. The summed E-state index contributed by atoms with van der Waals surface area (Å²) in [6, 6.07) is 6.85. The number of carbonyl (C=O) groups is 1. The van der Waals surface area contributed by atoms with E-state index in [2.05, 4.69) is 15.3 Å². The van der Waals surface area contributed by atoms with E-state index in [1.54, 1.807) is 45.0 Å². The molecular formula is C22H36Cl2N6O6S2. The van der Waals surface area contributed by atoms with Crippen molar-refractivity contribution in [2.75, 3.05) is 40.6 Å². The van der Waals surface area contributed by atoms with Crippen molar-refractivity contribution < 1.29 is 26.4 Å². The molecule has 0 saturated heterocycles. The molecule has 216 valence electrons. The molecule has 0 atom stereocenters. The number of nitrogens with zero attached hydrogens (tertiary/aromatic N) is 4. The van der Waals surface area contributed by atoms with Gasteiger partial charge in [0, 0.05) is 50.7 Å². The van der Waals surface area contributed by atoms with Crippen LogP contribution in [0, 0.1) is 0 Å². The molecule has 16 heteroatoms. The van der Waals surface area contributed by atoms with E-state index in [4.69, 9.17) is 33.7 Å². The molecule has 0 fully saturated rings. The third-order valence-corrected chi connectivity index (χ3v) is 6.70. The van der Waals surface area contributed by atoms with Crippen molar-refractivity contribution in [2.24, 2.45) is 5.73 Å². The van der Waals surface area contributed by atoms with Crippen LogP contribution < -0.4 is 19.7 Å². The van der Waals surface area contributed by atoms with Crippen molar-refractivity contribution >= 4 is 61.0 Å². The zero-order valence-corrected chi connectivity index (χ0v) is 25.6. The lowest BCUT2D eigenvalue weighted by Crippen LogP contribution is -2.33. The number of ether oxygens (including phenoxy) is 1. The number of sulfonamides is 2. The fraction of sp³-hybridized carbons (Fsp3) is 0.500. The maximum Gasteiger partial charge on any atom is 0.407 e. The zero-order valence-electron chi connectivity index (χ0n) is 22.5. The molecule has 2 heterocycles. The van der Waals surface area contributed by atoms with Crippen LogP contribution in [0.3, 0.4) is 0 Å². The first kappa shape index (κ1) is 35.6. The summed E-state index contributed by atoms with van der Waals surface area (Å²) in [7, 11) is -3.83. The highest BCUT2D eigenvalue weighted by Gasteiger charge is 2.19. The average Bonchev–Trinajstić information content (AvgIpc) is 2.80. The molecule has 12 nitrogen and oxygen atoms in total. The summed E-state index contributed by atoms with van der Waals surface area (Å²) in [5.74, 6) is 0.661. The molecule has 0 aromatic carbocycles. The number of hydrogen-bond donors (Lipinski definition) is 2. The quantitative estimate of drug-likeness (QED) is 0.446. The highest BCUT2D eigenvalue weighted by atomic mass is 35.5. The van der Waals surface area contributed by atoms with Crippen LogP contribution in [0.15, 0.2) is 36.7 Å². The SMILES string of the molecule is CN(c1ncccc1CN)S(C)(=O)=O.CN(c1ncccc1CNC(=O)OC(C)(C)C)S(C)(=O)=O.ClCCl. The largest absolute Gasteiger partial charge is 0.444 e. The lowest BCUT2D eigenvalue weighted by molar-refractivity contribution is 0.0523. The fourth-order valence-electron chi connectivity index (χ4n) is 2.52. The summed E-state index contributed by atoms with van der Waals surface area (Å²) in [6.07, 6.45) is 4.68. The third kappa shape index (κ3) is 13.4. The van der Waals surface area contributed by atoms with Crippen LogP contribution >= 0.6 is 23.2 Å². The van der Waals surface area contributed by atoms with Crippen molar-refractivity contribution in [3.63, 3.8) is 0 Å². The number of hydrogen-bond acceptors (Lipinski definition) is 9. The van der Waals surface area contributed by atoms with Gasteiger partial charge in [-0.15, -0.1) is 23.2 Å². The number of pyridine rings is 2. The van der Waals surface area contributed by atoms with Gasteiger partial charge in [-0.2, -0.15) is 0 Å². The molecule has 2 rings (SSSR count). The van der Waals surface area contributed by atoms with Crippen molar-refractivity contribution in [3.05, 3.63) is 47.8 Å². The Morgan fingerprint density at radius 2 is 1.34 bits per heavy atom.